The first-order chi connectivity index (χ1) is 16.9. The van der Waals surface area contributed by atoms with Gasteiger partial charge in [0.25, 0.3) is 11.8 Å². The molecule has 0 radical (unpaired) electrons. The van der Waals surface area contributed by atoms with E-state index >= 15 is 0 Å². The molecule has 0 saturated carbocycles. The van der Waals surface area contributed by atoms with E-state index in [2.05, 4.69) is 20.8 Å². The maximum atomic E-state index is 13.0. The molecule has 2 amide bonds. The van der Waals surface area contributed by atoms with Gasteiger partial charge in [0.15, 0.2) is 5.76 Å². The third-order valence-electron chi connectivity index (χ3n) is 6.42. The van der Waals surface area contributed by atoms with Crippen LogP contribution in [0, 0.1) is 20.8 Å². The topological polar surface area (TPSA) is 96.6 Å². The van der Waals surface area contributed by atoms with Crippen molar-refractivity contribution in [1.82, 2.24) is 10.4 Å². The van der Waals surface area contributed by atoms with Crippen LogP contribution < -0.4 is 10.7 Å². The van der Waals surface area contributed by atoms with Crippen molar-refractivity contribution >= 4 is 34.1 Å². The lowest BCUT2D eigenvalue weighted by molar-refractivity contribution is 0.0949. The molecule has 5 rings (SSSR count). The van der Waals surface area contributed by atoms with Crippen molar-refractivity contribution in [2.45, 2.75) is 40.0 Å². The van der Waals surface area contributed by atoms with Crippen molar-refractivity contribution in [3.63, 3.8) is 0 Å². The molecule has 0 aliphatic heterocycles. The van der Waals surface area contributed by atoms with Crippen LogP contribution in [0.4, 0.5) is 5.69 Å². The maximum Gasteiger partial charge on any atom is 0.291 e. The normalized spacial score (nSPS) is 14.1. The number of anilines is 1. The Kier molecular flexibility index (Phi) is 5.91. The predicted octanol–water partition coefficient (Wildman–Crippen LogP) is 5.48. The number of aryl methyl sites for hydroxylation is 3. The molecule has 176 valence electrons. The smallest absolute Gasteiger partial charge is 0.291 e. The summed E-state index contributed by atoms with van der Waals surface area (Å²) < 4.78 is 5.98. The van der Waals surface area contributed by atoms with E-state index in [1.807, 2.05) is 69.3 Å². The summed E-state index contributed by atoms with van der Waals surface area (Å²) in [7, 11) is 0. The monoisotopic (exact) mass is 466 g/mol. The number of nitrogens with one attached hydrogen (secondary N) is 2. The van der Waals surface area contributed by atoms with Crippen molar-refractivity contribution in [2.24, 2.45) is 5.10 Å². The van der Waals surface area contributed by atoms with E-state index in [0.29, 0.717) is 24.2 Å². The van der Waals surface area contributed by atoms with Crippen LogP contribution in [0.5, 0.6) is 0 Å². The third-order valence-corrected chi connectivity index (χ3v) is 6.42. The number of fused-ring (bicyclic) bond motifs is 2. The molecular weight excluding hydrogens is 440 g/mol. The van der Waals surface area contributed by atoms with Gasteiger partial charge >= 0.3 is 0 Å². The number of nitrogens with zero attached hydrogens (tertiary/aromatic N) is 2. The average Bonchev–Trinajstić information content (AvgIpc) is 3.21. The number of hydrazone groups is 1. The number of rotatable bonds is 4. The molecule has 4 aromatic rings. The Labute approximate surface area is 203 Å². The molecule has 1 aliphatic rings. The van der Waals surface area contributed by atoms with Crippen molar-refractivity contribution in [3.8, 4) is 0 Å². The van der Waals surface area contributed by atoms with Gasteiger partial charge in [0.2, 0.25) is 0 Å². The third kappa shape index (κ3) is 4.45. The molecule has 7 heteroatoms. The summed E-state index contributed by atoms with van der Waals surface area (Å²) in [5, 5.41) is 8.30. The second-order valence-electron chi connectivity index (χ2n) is 8.85. The lowest BCUT2D eigenvalue weighted by Gasteiger charge is -2.13. The highest BCUT2D eigenvalue weighted by atomic mass is 16.4. The predicted molar refractivity (Wildman–Crippen MR) is 136 cm³/mol. The lowest BCUT2D eigenvalue weighted by atomic mass is 9.93. The molecule has 0 spiro atoms. The standard InChI is InChI=1S/C28H26N4O3/c1-16-11-13-20(15-17(16)2)29-28(34)26-18(3)25-22(9-6-10-24(25)35-26)31-32-27(33)23-14-12-19-7-4-5-8-21(19)30-23/h4-5,7-8,11-15H,6,9-10H2,1-3H3,(H,29,34)(H,32,33)/b31-22+. The van der Waals surface area contributed by atoms with Crippen LogP contribution in [-0.2, 0) is 6.42 Å². The minimum absolute atomic E-state index is 0.269. The molecule has 2 heterocycles. The van der Waals surface area contributed by atoms with Gasteiger partial charge in [0.05, 0.1) is 11.2 Å². The average molecular weight is 467 g/mol. The zero-order valence-corrected chi connectivity index (χ0v) is 19.9. The quantitative estimate of drug-likeness (QED) is 0.390. The first kappa shape index (κ1) is 22.5. The van der Waals surface area contributed by atoms with E-state index in [9.17, 15) is 9.59 Å². The van der Waals surface area contributed by atoms with Crippen molar-refractivity contribution < 1.29 is 14.0 Å². The van der Waals surface area contributed by atoms with E-state index in [-0.39, 0.29) is 17.6 Å². The Morgan fingerprint density at radius 1 is 0.943 bits per heavy atom. The molecule has 0 bridgehead atoms. The van der Waals surface area contributed by atoms with Crippen molar-refractivity contribution in [3.05, 3.63) is 94.1 Å². The second-order valence-corrected chi connectivity index (χ2v) is 8.85. The summed E-state index contributed by atoms with van der Waals surface area (Å²) in [5.74, 6) is 0.300. The molecule has 0 atom stereocenters. The van der Waals surface area contributed by atoms with Crippen LogP contribution in [0.25, 0.3) is 10.9 Å². The summed E-state index contributed by atoms with van der Waals surface area (Å²) in [6.45, 7) is 5.89. The van der Waals surface area contributed by atoms with E-state index in [0.717, 1.165) is 51.0 Å². The molecule has 0 unspecified atom stereocenters. The molecule has 2 N–H and O–H groups in total. The van der Waals surface area contributed by atoms with Crippen LogP contribution in [0.1, 0.15) is 61.9 Å². The number of furan rings is 1. The number of benzene rings is 2. The number of amides is 2. The highest BCUT2D eigenvalue weighted by molar-refractivity contribution is 6.09. The molecule has 0 fully saturated rings. The SMILES string of the molecule is Cc1ccc(NC(=O)c2oc3c(c2C)/C(=N/NC(=O)c2ccc4ccccc4n2)CCC3)cc1C. The van der Waals surface area contributed by atoms with Crippen LogP contribution in [-0.4, -0.2) is 22.5 Å². The van der Waals surface area contributed by atoms with Crippen LogP contribution in [0.2, 0.25) is 0 Å². The number of carbonyl (C=O) groups excluding carboxylic acids is 2. The molecular formula is C28H26N4O3. The minimum Gasteiger partial charge on any atom is -0.455 e. The Morgan fingerprint density at radius 2 is 1.77 bits per heavy atom. The molecule has 7 nitrogen and oxygen atoms in total. The van der Waals surface area contributed by atoms with E-state index in [1.165, 1.54) is 0 Å². The van der Waals surface area contributed by atoms with Crippen molar-refractivity contribution in [2.75, 3.05) is 5.32 Å². The Morgan fingerprint density at radius 3 is 2.60 bits per heavy atom. The number of pyridine rings is 1. The van der Waals surface area contributed by atoms with E-state index in [4.69, 9.17) is 4.42 Å². The molecule has 2 aromatic heterocycles. The van der Waals surface area contributed by atoms with Gasteiger partial charge < -0.3 is 9.73 Å². The molecule has 0 saturated heterocycles. The summed E-state index contributed by atoms with van der Waals surface area (Å²) in [4.78, 5) is 30.1. The van der Waals surface area contributed by atoms with Gasteiger partial charge in [-0.1, -0.05) is 30.3 Å². The Balaban J connectivity index is 1.37. The van der Waals surface area contributed by atoms with E-state index < -0.39 is 0 Å². The van der Waals surface area contributed by atoms with Gasteiger partial charge in [-0.3, -0.25) is 9.59 Å². The number of hydrogen-bond acceptors (Lipinski definition) is 5. The first-order valence-electron chi connectivity index (χ1n) is 11.6. The summed E-state index contributed by atoms with van der Waals surface area (Å²) in [6.07, 6.45) is 2.21. The Hall–Kier alpha value is -4.26. The molecule has 35 heavy (non-hydrogen) atoms. The first-order valence-corrected chi connectivity index (χ1v) is 11.6. The van der Waals surface area contributed by atoms with Crippen LogP contribution >= 0.6 is 0 Å². The zero-order valence-electron chi connectivity index (χ0n) is 19.9. The lowest BCUT2D eigenvalue weighted by Crippen LogP contribution is -2.23. The van der Waals surface area contributed by atoms with Gasteiger partial charge in [-0.25, -0.2) is 10.4 Å². The fourth-order valence-corrected chi connectivity index (χ4v) is 4.37. The number of para-hydroxylation sites is 1. The fourth-order valence-electron chi connectivity index (χ4n) is 4.37. The van der Waals surface area contributed by atoms with Gasteiger partial charge in [-0.15, -0.1) is 0 Å². The van der Waals surface area contributed by atoms with Crippen LogP contribution in [0.15, 0.2) is 64.1 Å². The highest BCUT2D eigenvalue weighted by Crippen LogP contribution is 2.30. The zero-order chi connectivity index (χ0) is 24.5. The van der Waals surface area contributed by atoms with Crippen molar-refractivity contribution in [1.29, 1.82) is 0 Å². The van der Waals surface area contributed by atoms with Gasteiger partial charge in [0, 0.05) is 28.6 Å². The largest absolute Gasteiger partial charge is 0.455 e. The number of carbonyl (C=O) groups is 2. The second kappa shape index (κ2) is 9.18. The molecule has 2 aromatic carbocycles. The minimum atomic E-state index is -0.385. The van der Waals surface area contributed by atoms with Gasteiger partial charge in [0.1, 0.15) is 11.5 Å². The summed E-state index contributed by atoms with van der Waals surface area (Å²) >= 11 is 0. The fraction of sp³-hybridized carbons (Fsp3) is 0.214. The van der Waals surface area contributed by atoms with E-state index in [1.54, 1.807) is 6.07 Å². The van der Waals surface area contributed by atoms with Gasteiger partial charge in [-0.2, -0.15) is 5.10 Å². The molecule has 1 aliphatic carbocycles. The maximum absolute atomic E-state index is 13.0. The number of hydrogen-bond donors (Lipinski definition) is 2. The summed E-state index contributed by atoms with van der Waals surface area (Å²) in [5.41, 5.74) is 8.88. The van der Waals surface area contributed by atoms with Gasteiger partial charge in [-0.05, 0) is 69.0 Å². The number of aromatic nitrogens is 1. The highest BCUT2D eigenvalue weighted by Gasteiger charge is 2.28. The van der Waals surface area contributed by atoms with Crippen LogP contribution in [0.3, 0.4) is 0 Å². The Bertz CT molecular complexity index is 1500. The summed E-state index contributed by atoms with van der Waals surface area (Å²) in [6, 6.07) is 17.0.